The number of carbonyl (C=O) groups is 3. The number of aliphatic hydroxyl groups is 1. The fourth-order valence-electron chi connectivity index (χ4n) is 6.85. The number of phosphoric ester groups is 1. The fraction of sp³-hybridized carbons (Fsp3) is 0.740. The first-order chi connectivity index (χ1) is 29.8. The molecule has 0 amide bonds. The van der Waals surface area contributed by atoms with Crippen LogP contribution in [0.15, 0.2) is 60.8 Å². The van der Waals surface area contributed by atoms with Crippen molar-refractivity contribution in [2.45, 2.75) is 180 Å². The van der Waals surface area contributed by atoms with E-state index >= 15 is 0 Å². The molecule has 0 saturated heterocycles. The summed E-state index contributed by atoms with van der Waals surface area (Å²) < 4.78 is 33.9. The van der Waals surface area contributed by atoms with Crippen molar-refractivity contribution < 1.29 is 52.0 Å². The summed E-state index contributed by atoms with van der Waals surface area (Å²) in [6.07, 6.45) is 41.6. The van der Waals surface area contributed by atoms with Gasteiger partial charge in [-0.15, -0.1) is 0 Å². The SMILES string of the molecule is CCCCC/C=C\C/C=C\CCCCCCCCCCCC(=O)OC[C@H](COP(=O)([O-])OCC[N+](C)(C)C)OC(=O)CCC/C=C\C[C@H]1C=CC(=O)[C@@H]1/C=C/[C@@H](O)CCCCC. The zero-order valence-electron chi connectivity index (χ0n) is 39.4. The van der Waals surface area contributed by atoms with Gasteiger partial charge in [-0.3, -0.25) is 18.9 Å². The smallest absolute Gasteiger partial charge is 0.306 e. The molecule has 5 atom stereocenters. The number of ketones is 1. The maximum atomic E-state index is 12.8. The molecule has 12 heteroatoms. The number of allylic oxidation sites excluding steroid dienone is 9. The average molecular weight is 892 g/mol. The van der Waals surface area contributed by atoms with E-state index in [4.69, 9.17) is 18.5 Å². The lowest BCUT2D eigenvalue weighted by Gasteiger charge is -2.28. The molecule has 11 nitrogen and oxygen atoms in total. The standard InChI is InChI=1S/C50H86NO10P/c1-6-8-10-11-12-13-14-15-16-17-18-19-20-21-22-23-24-25-30-34-49(54)58-42-46(43-60-62(56,57)59-41-40-51(3,4)5)61-50(55)35-31-27-26-29-32-44-36-39-48(53)47(44)38-37-45(52)33-28-9-7-2/h12-13,15-16,26,29,36-39,44-47,52H,6-11,14,17-25,27-28,30-35,40-43H2,1-5H3/b13-12-,16-15-,29-26-,38-37+/t44-,45-,46+,47+/m0/s1. The Bertz CT molecular complexity index is 1380. The molecular weight excluding hydrogens is 806 g/mol. The van der Waals surface area contributed by atoms with Crippen molar-refractivity contribution in [1.29, 1.82) is 0 Å². The molecule has 1 rings (SSSR count). The molecule has 0 aromatic carbocycles. The molecule has 1 unspecified atom stereocenters. The number of quaternary nitrogens is 1. The van der Waals surface area contributed by atoms with Crippen LogP contribution in [-0.2, 0) is 37.5 Å². The van der Waals surface area contributed by atoms with Crippen LogP contribution in [0.5, 0.6) is 0 Å². The number of ether oxygens (including phenoxy) is 2. The van der Waals surface area contributed by atoms with E-state index in [2.05, 4.69) is 38.2 Å². The average Bonchev–Trinajstić information content (AvgIpc) is 3.57. The number of hydrogen-bond acceptors (Lipinski definition) is 10. The van der Waals surface area contributed by atoms with Gasteiger partial charge in [-0.1, -0.05) is 146 Å². The topological polar surface area (TPSA) is 148 Å². The summed E-state index contributed by atoms with van der Waals surface area (Å²) in [5.41, 5.74) is 0. The lowest BCUT2D eigenvalue weighted by atomic mass is 9.90. The highest BCUT2D eigenvalue weighted by Crippen LogP contribution is 2.38. The molecule has 0 heterocycles. The molecule has 0 aromatic rings. The van der Waals surface area contributed by atoms with E-state index in [9.17, 15) is 28.9 Å². The van der Waals surface area contributed by atoms with Crippen LogP contribution in [0.1, 0.15) is 168 Å². The van der Waals surface area contributed by atoms with Crippen molar-refractivity contribution in [3.05, 3.63) is 60.8 Å². The highest BCUT2D eigenvalue weighted by atomic mass is 31.2. The minimum absolute atomic E-state index is 0.0143. The minimum atomic E-state index is -4.69. The van der Waals surface area contributed by atoms with E-state index in [0.717, 1.165) is 51.4 Å². The first-order valence-electron chi connectivity index (χ1n) is 24.0. The largest absolute Gasteiger partial charge is 0.756 e. The molecule has 1 N–H and O–H groups in total. The summed E-state index contributed by atoms with van der Waals surface area (Å²) in [6.45, 7) is 3.86. The normalized spacial score (nSPS) is 17.8. The predicted molar refractivity (Wildman–Crippen MR) is 249 cm³/mol. The lowest BCUT2D eigenvalue weighted by Crippen LogP contribution is -2.37. The van der Waals surface area contributed by atoms with Crippen molar-refractivity contribution in [2.24, 2.45) is 11.8 Å². The summed E-state index contributed by atoms with van der Waals surface area (Å²) in [5.74, 6) is -1.23. The molecule has 0 spiro atoms. The van der Waals surface area contributed by atoms with E-state index < -0.39 is 38.6 Å². The zero-order chi connectivity index (χ0) is 45.7. The number of unbranched alkanes of at least 4 members (excludes halogenated alkanes) is 15. The Hall–Kier alpha value is -2.66. The Labute approximate surface area is 376 Å². The second-order valence-electron chi connectivity index (χ2n) is 17.8. The van der Waals surface area contributed by atoms with Crippen LogP contribution in [0.4, 0.5) is 0 Å². The van der Waals surface area contributed by atoms with Gasteiger partial charge in [0, 0.05) is 18.8 Å². The first-order valence-corrected chi connectivity index (χ1v) is 25.5. The van der Waals surface area contributed by atoms with Gasteiger partial charge >= 0.3 is 11.9 Å². The predicted octanol–water partition coefficient (Wildman–Crippen LogP) is 11.0. The summed E-state index contributed by atoms with van der Waals surface area (Å²) in [7, 11) is 1.03. The number of hydrogen-bond donors (Lipinski definition) is 1. The Morgan fingerprint density at radius 2 is 1.34 bits per heavy atom. The Morgan fingerprint density at radius 3 is 2.00 bits per heavy atom. The second kappa shape index (κ2) is 36.7. The monoisotopic (exact) mass is 892 g/mol. The van der Waals surface area contributed by atoms with Crippen LogP contribution in [0.3, 0.4) is 0 Å². The van der Waals surface area contributed by atoms with Crippen LogP contribution in [-0.4, -0.2) is 87.0 Å². The van der Waals surface area contributed by atoms with Gasteiger partial charge in [-0.05, 0) is 76.2 Å². The molecule has 0 fully saturated rings. The third kappa shape index (κ3) is 33.8. The van der Waals surface area contributed by atoms with Crippen molar-refractivity contribution in [3.8, 4) is 0 Å². The van der Waals surface area contributed by atoms with E-state index in [1.807, 2.05) is 45.4 Å². The fourth-order valence-corrected chi connectivity index (χ4v) is 7.58. The Morgan fingerprint density at radius 1 is 0.758 bits per heavy atom. The molecule has 0 aliphatic heterocycles. The van der Waals surface area contributed by atoms with Crippen molar-refractivity contribution in [1.82, 2.24) is 0 Å². The van der Waals surface area contributed by atoms with E-state index in [0.29, 0.717) is 43.1 Å². The van der Waals surface area contributed by atoms with E-state index in [1.54, 1.807) is 12.2 Å². The molecule has 62 heavy (non-hydrogen) atoms. The van der Waals surface area contributed by atoms with Crippen LogP contribution >= 0.6 is 7.82 Å². The highest BCUT2D eigenvalue weighted by molar-refractivity contribution is 7.45. The van der Waals surface area contributed by atoms with Crippen LogP contribution in [0.25, 0.3) is 0 Å². The zero-order valence-corrected chi connectivity index (χ0v) is 40.3. The second-order valence-corrected chi connectivity index (χ2v) is 19.2. The summed E-state index contributed by atoms with van der Waals surface area (Å²) in [6, 6.07) is 0. The van der Waals surface area contributed by atoms with Gasteiger partial charge in [0.25, 0.3) is 7.82 Å². The lowest BCUT2D eigenvalue weighted by molar-refractivity contribution is -0.870. The molecule has 0 radical (unpaired) electrons. The van der Waals surface area contributed by atoms with E-state index in [-0.39, 0.29) is 43.7 Å². The van der Waals surface area contributed by atoms with Gasteiger partial charge in [-0.25, -0.2) is 0 Å². The molecular formula is C50H86NO10P. The van der Waals surface area contributed by atoms with Crippen molar-refractivity contribution in [2.75, 3.05) is 47.5 Å². The molecule has 1 aliphatic rings. The van der Waals surface area contributed by atoms with Gasteiger partial charge in [0.05, 0.1) is 33.9 Å². The maximum Gasteiger partial charge on any atom is 0.306 e. The van der Waals surface area contributed by atoms with Crippen LogP contribution < -0.4 is 4.89 Å². The third-order valence-electron chi connectivity index (χ3n) is 10.8. The van der Waals surface area contributed by atoms with Gasteiger partial charge in [0.1, 0.15) is 19.8 Å². The van der Waals surface area contributed by atoms with Crippen molar-refractivity contribution >= 4 is 25.5 Å². The van der Waals surface area contributed by atoms with Crippen LogP contribution in [0, 0.1) is 11.8 Å². The van der Waals surface area contributed by atoms with Gasteiger partial charge in [0.2, 0.25) is 0 Å². The molecule has 356 valence electrons. The minimum Gasteiger partial charge on any atom is -0.756 e. The molecule has 0 aromatic heterocycles. The summed E-state index contributed by atoms with van der Waals surface area (Å²) in [5, 5.41) is 10.2. The number of phosphoric acid groups is 1. The maximum absolute atomic E-state index is 12.8. The van der Waals surface area contributed by atoms with E-state index in [1.165, 1.54) is 57.8 Å². The molecule has 0 bridgehead atoms. The summed E-state index contributed by atoms with van der Waals surface area (Å²) >= 11 is 0. The van der Waals surface area contributed by atoms with Gasteiger partial charge in [0.15, 0.2) is 11.9 Å². The van der Waals surface area contributed by atoms with Crippen molar-refractivity contribution in [3.63, 3.8) is 0 Å². The van der Waals surface area contributed by atoms with Gasteiger partial charge < -0.3 is 33.0 Å². The highest BCUT2D eigenvalue weighted by Gasteiger charge is 2.27. The number of rotatable bonds is 40. The first kappa shape index (κ1) is 57.4. The quantitative estimate of drug-likeness (QED) is 0.0207. The van der Waals surface area contributed by atoms with Gasteiger partial charge in [-0.2, -0.15) is 0 Å². The Kier molecular flexibility index (Phi) is 33.9. The molecule has 1 aliphatic carbocycles. The number of carbonyl (C=O) groups excluding carboxylic acids is 3. The number of likely N-dealkylation sites (N-methyl/N-ethyl adjacent to an activating group) is 1. The number of nitrogens with zero attached hydrogens (tertiary/aromatic N) is 1. The molecule has 0 saturated carbocycles. The Balaban J connectivity index is 2.41. The number of aliphatic hydroxyl groups excluding tert-OH is 1. The van der Waals surface area contributed by atoms with Crippen LogP contribution in [0.2, 0.25) is 0 Å². The third-order valence-corrected chi connectivity index (χ3v) is 11.7. The summed E-state index contributed by atoms with van der Waals surface area (Å²) in [4.78, 5) is 50.2. The number of esters is 2.